The first-order valence-electron chi connectivity index (χ1n) is 8.87. The number of hydrogen-bond acceptors (Lipinski definition) is 3. The van der Waals surface area contributed by atoms with E-state index in [4.69, 9.17) is 4.42 Å². The van der Waals surface area contributed by atoms with Crippen LogP contribution in [0, 0.1) is 5.92 Å². The molecular formula is C18H26N2O2. The van der Waals surface area contributed by atoms with Crippen LogP contribution in [0.1, 0.15) is 50.7 Å². The first-order valence-corrected chi connectivity index (χ1v) is 8.87. The topological polar surface area (TPSA) is 36.7 Å². The Bertz CT molecular complexity index is 527. The maximum Gasteiger partial charge on any atom is 0.226 e. The Hall–Kier alpha value is -1.29. The molecule has 2 aliphatic heterocycles. The zero-order valence-corrected chi connectivity index (χ0v) is 13.4. The van der Waals surface area contributed by atoms with Crippen molar-refractivity contribution in [3.63, 3.8) is 0 Å². The summed E-state index contributed by atoms with van der Waals surface area (Å²) in [5.41, 5.74) is 0. The molecule has 0 N–H and O–H groups in total. The van der Waals surface area contributed by atoms with Gasteiger partial charge in [0.2, 0.25) is 5.91 Å². The Morgan fingerprint density at radius 1 is 1.27 bits per heavy atom. The molecule has 4 rings (SSSR count). The Morgan fingerprint density at radius 2 is 2.09 bits per heavy atom. The Balaban J connectivity index is 1.44. The van der Waals surface area contributed by atoms with Gasteiger partial charge in [0, 0.05) is 30.5 Å². The van der Waals surface area contributed by atoms with E-state index < -0.39 is 0 Å². The molecule has 22 heavy (non-hydrogen) atoms. The van der Waals surface area contributed by atoms with Crippen molar-refractivity contribution in [1.29, 1.82) is 0 Å². The van der Waals surface area contributed by atoms with E-state index in [1.807, 2.05) is 12.1 Å². The summed E-state index contributed by atoms with van der Waals surface area (Å²) in [6.07, 6.45) is 7.58. The smallest absolute Gasteiger partial charge is 0.226 e. The largest absolute Gasteiger partial charge is 0.469 e. The minimum absolute atomic E-state index is 0.170. The molecule has 4 atom stereocenters. The van der Waals surface area contributed by atoms with Crippen molar-refractivity contribution in [1.82, 2.24) is 9.80 Å². The van der Waals surface area contributed by atoms with Crippen molar-refractivity contribution in [3.05, 3.63) is 24.2 Å². The maximum atomic E-state index is 12.9. The van der Waals surface area contributed by atoms with Crippen LogP contribution in [-0.4, -0.2) is 47.4 Å². The first kappa shape index (κ1) is 14.3. The number of hydrogen-bond donors (Lipinski definition) is 0. The maximum absolute atomic E-state index is 12.9. The van der Waals surface area contributed by atoms with Gasteiger partial charge in [0.25, 0.3) is 0 Å². The van der Waals surface area contributed by atoms with E-state index in [-0.39, 0.29) is 5.92 Å². The van der Waals surface area contributed by atoms with Crippen molar-refractivity contribution in [2.75, 3.05) is 19.6 Å². The first-order chi connectivity index (χ1) is 10.8. The number of likely N-dealkylation sites (tertiary alicyclic amines) is 2. The van der Waals surface area contributed by atoms with Crippen molar-refractivity contribution in [2.45, 2.75) is 57.0 Å². The molecule has 3 fully saturated rings. The molecule has 0 bridgehead atoms. The monoisotopic (exact) mass is 302 g/mol. The van der Waals surface area contributed by atoms with Crippen LogP contribution in [0.25, 0.3) is 0 Å². The molecule has 0 aromatic carbocycles. The van der Waals surface area contributed by atoms with Crippen LogP contribution < -0.4 is 0 Å². The molecule has 0 radical (unpaired) electrons. The molecule has 1 saturated carbocycles. The number of likely N-dealkylation sites (N-methyl/N-ethyl adjacent to an activating group) is 1. The van der Waals surface area contributed by atoms with Gasteiger partial charge in [0.1, 0.15) is 5.76 Å². The highest BCUT2D eigenvalue weighted by atomic mass is 16.3. The molecule has 1 aliphatic carbocycles. The van der Waals surface area contributed by atoms with Gasteiger partial charge >= 0.3 is 0 Å². The van der Waals surface area contributed by atoms with Crippen molar-refractivity contribution in [3.8, 4) is 0 Å². The lowest BCUT2D eigenvalue weighted by atomic mass is 10.0. The average molecular weight is 302 g/mol. The molecule has 1 aromatic rings. The van der Waals surface area contributed by atoms with Crippen LogP contribution >= 0.6 is 0 Å². The Kier molecular flexibility index (Phi) is 3.73. The molecule has 2 saturated heterocycles. The number of carbonyl (C=O) groups is 1. The van der Waals surface area contributed by atoms with E-state index in [2.05, 4.69) is 16.7 Å². The van der Waals surface area contributed by atoms with Gasteiger partial charge in [-0.25, -0.2) is 0 Å². The summed E-state index contributed by atoms with van der Waals surface area (Å²) >= 11 is 0. The number of carbonyl (C=O) groups excluding carboxylic acids is 1. The van der Waals surface area contributed by atoms with Gasteiger partial charge in [-0.15, -0.1) is 0 Å². The van der Waals surface area contributed by atoms with Gasteiger partial charge in [-0.05, 0) is 57.3 Å². The molecule has 1 amide bonds. The molecule has 0 spiro atoms. The fourth-order valence-electron chi connectivity index (χ4n) is 4.64. The lowest BCUT2D eigenvalue weighted by molar-refractivity contribution is -0.134. The highest BCUT2D eigenvalue weighted by molar-refractivity contribution is 5.83. The highest BCUT2D eigenvalue weighted by Gasteiger charge is 2.50. The van der Waals surface area contributed by atoms with Crippen LogP contribution in [0.2, 0.25) is 0 Å². The van der Waals surface area contributed by atoms with E-state index in [0.717, 1.165) is 25.3 Å². The summed E-state index contributed by atoms with van der Waals surface area (Å²) < 4.78 is 5.48. The van der Waals surface area contributed by atoms with E-state index in [1.165, 1.54) is 32.2 Å². The van der Waals surface area contributed by atoms with Crippen LogP contribution in [-0.2, 0) is 4.79 Å². The standard InChI is InChI=1S/C18H26N2O2/c1-2-19-9-3-6-15(19)16-7-4-10-20(16)18(21)14-12-13(14)17-8-5-11-22-17/h5,8,11,13-16H,2-4,6-7,9-10,12H2,1H3/t13-,14+,15-,16+/m1/s1. The zero-order valence-electron chi connectivity index (χ0n) is 13.4. The summed E-state index contributed by atoms with van der Waals surface area (Å²) in [5, 5.41) is 0. The highest BCUT2D eigenvalue weighted by Crippen LogP contribution is 2.49. The minimum atomic E-state index is 0.170. The number of furan rings is 1. The van der Waals surface area contributed by atoms with Crippen molar-refractivity contribution < 1.29 is 9.21 Å². The van der Waals surface area contributed by atoms with Gasteiger partial charge in [-0.1, -0.05) is 6.92 Å². The van der Waals surface area contributed by atoms with Gasteiger partial charge in [-0.3, -0.25) is 9.69 Å². The van der Waals surface area contributed by atoms with Crippen LogP contribution in [0.15, 0.2) is 22.8 Å². The van der Waals surface area contributed by atoms with Gasteiger partial charge in [0.05, 0.1) is 6.26 Å². The van der Waals surface area contributed by atoms with E-state index in [9.17, 15) is 4.79 Å². The third kappa shape index (κ3) is 2.37. The minimum Gasteiger partial charge on any atom is -0.469 e. The molecule has 3 aliphatic rings. The molecule has 0 unspecified atom stereocenters. The fraction of sp³-hybridized carbons (Fsp3) is 0.722. The summed E-state index contributed by atoms with van der Waals surface area (Å²) in [5.74, 6) is 1.87. The second-order valence-corrected chi connectivity index (χ2v) is 7.04. The SMILES string of the molecule is CCN1CCC[C@@H]1[C@@H]1CCCN1C(=O)[C@H]1C[C@H]1c1ccco1. The molecule has 1 aromatic heterocycles. The van der Waals surface area contributed by atoms with Crippen LogP contribution in [0.5, 0.6) is 0 Å². The van der Waals surface area contributed by atoms with Gasteiger partial charge in [0.15, 0.2) is 0 Å². The van der Waals surface area contributed by atoms with Crippen LogP contribution in [0.4, 0.5) is 0 Å². The van der Waals surface area contributed by atoms with Crippen LogP contribution in [0.3, 0.4) is 0 Å². The lowest BCUT2D eigenvalue weighted by Gasteiger charge is -2.34. The summed E-state index contributed by atoms with van der Waals surface area (Å²) in [6, 6.07) is 4.98. The van der Waals surface area contributed by atoms with E-state index in [0.29, 0.717) is 23.9 Å². The molecule has 3 heterocycles. The van der Waals surface area contributed by atoms with Gasteiger partial charge < -0.3 is 9.32 Å². The fourth-order valence-corrected chi connectivity index (χ4v) is 4.64. The lowest BCUT2D eigenvalue weighted by Crippen LogP contribution is -2.48. The molecule has 4 heteroatoms. The quantitative estimate of drug-likeness (QED) is 0.858. The zero-order chi connectivity index (χ0) is 15.1. The third-order valence-electron chi connectivity index (χ3n) is 5.86. The summed E-state index contributed by atoms with van der Waals surface area (Å²) in [4.78, 5) is 17.7. The number of amides is 1. The molecule has 120 valence electrons. The Labute approximate surface area is 132 Å². The molecule has 4 nitrogen and oxygen atoms in total. The second kappa shape index (κ2) is 5.73. The van der Waals surface area contributed by atoms with E-state index in [1.54, 1.807) is 6.26 Å². The number of nitrogens with zero attached hydrogens (tertiary/aromatic N) is 2. The molecular weight excluding hydrogens is 276 g/mol. The summed E-state index contributed by atoms with van der Waals surface area (Å²) in [7, 11) is 0. The van der Waals surface area contributed by atoms with E-state index >= 15 is 0 Å². The predicted molar refractivity (Wildman–Crippen MR) is 84.6 cm³/mol. The average Bonchev–Trinajstić information content (AvgIpc) is 3.02. The Morgan fingerprint density at radius 3 is 2.86 bits per heavy atom. The third-order valence-corrected chi connectivity index (χ3v) is 5.86. The van der Waals surface area contributed by atoms with Crippen molar-refractivity contribution >= 4 is 5.91 Å². The predicted octanol–water partition coefficient (Wildman–Crippen LogP) is 2.86. The van der Waals surface area contributed by atoms with Gasteiger partial charge in [-0.2, -0.15) is 0 Å². The van der Waals surface area contributed by atoms with Crippen molar-refractivity contribution in [2.24, 2.45) is 5.92 Å². The number of rotatable bonds is 4. The summed E-state index contributed by atoms with van der Waals surface area (Å²) in [6.45, 7) is 5.52. The second-order valence-electron chi connectivity index (χ2n) is 7.04. The normalized spacial score (nSPS) is 35.2.